The molecule has 26 heavy (non-hydrogen) atoms. The van der Waals surface area contributed by atoms with Crippen LogP contribution in [0, 0.1) is 5.92 Å². The summed E-state index contributed by atoms with van der Waals surface area (Å²) < 4.78 is 0. The van der Waals surface area contributed by atoms with Crippen molar-refractivity contribution in [1.82, 2.24) is 9.80 Å². The summed E-state index contributed by atoms with van der Waals surface area (Å²) in [5, 5.41) is 0. The lowest BCUT2D eigenvalue weighted by molar-refractivity contribution is -0.136. The number of amides is 2. The Morgan fingerprint density at radius 2 is 1.54 bits per heavy atom. The fourth-order valence-corrected chi connectivity index (χ4v) is 3.98. The van der Waals surface area contributed by atoms with Crippen LogP contribution in [0.1, 0.15) is 42.3 Å². The molecule has 0 bridgehead atoms. The van der Waals surface area contributed by atoms with Gasteiger partial charge in [0.2, 0.25) is 0 Å². The average Bonchev–Trinajstić information content (AvgIpc) is 2.93. The Kier molecular flexibility index (Phi) is 3.91. The molecule has 1 atom stereocenters. The van der Waals surface area contributed by atoms with E-state index in [9.17, 15) is 9.59 Å². The molecular formula is C22H22N2O2. The van der Waals surface area contributed by atoms with Gasteiger partial charge in [0.1, 0.15) is 6.04 Å². The fraction of sp³-hybridized carbons (Fsp3) is 0.273. The van der Waals surface area contributed by atoms with E-state index in [0.717, 1.165) is 22.5 Å². The van der Waals surface area contributed by atoms with Crippen LogP contribution in [0.4, 0.5) is 0 Å². The van der Waals surface area contributed by atoms with Crippen LogP contribution in [0.2, 0.25) is 0 Å². The number of nitrogens with zero attached hydrogens (tertiary/aromatic N) is 2. The van der Waals surface area contributed by atoms with Crippen LogP contribution < -0.4 is 0 Å². The molecule has 1 unspecified atom stereocenters. The molecule has 0 saturated carbocycles. The van der Waals surface area contributed by atoms with Crippen LogP contribution >= 0.6 is 0 Å². The van der Waals surface area contributed by atoms with Gasteiger partial charge in [-0.05, 0) is 24.5 Å². The van der Waals surface area contributed by atoms with E-state index in [1.165, 1.54) is 0 Å². The van der Waals surface area contributed by atoms with Crippen molar-refractivity contribution in [2.75, 3.05) is 0 Å². The zero-order valence-electron chi connectivity index (χ0n) is 15.3. The molecule has 4 nitrogen and oxygen atoms in total. The van der Waals surface area contributed by atoms with Crippen molar-refractivity contribution in [3.63, 3.8) is 0 Å². The third-order valence-corrected chi connectivity index (χ3v) is 5.23. The second-order valence-corrected chi connectivity index (χ2v) is 7.25. The molecule has 0 N–H and O–H groups in total. The second-order valence-electron chi connectivity index (χ2n) is 7.25. The average molecular weight is 346 g/mol. The molecule has 2 aromatic rings. The van der Waals surface area contributed by atoms with Gasteiger partial charge < -0.3 is 4.90 Å². The first-order valence-corrected chi connectivity index (χ1v) is 9.00. The summed E-state index contributed by atoms with van der Waals surface area (Å²) in [6.45, 7) is 6.45. The van der Waals surface area contributed by atoms with Crippen LogP contribution in [0.5, 0.6) is 0 Å². The van der Waals surface area contributed by atoms with E-state index >= 15 is 0 Å². The lowest BCUT2D eigenvalue weighted by Gasteiger charge is -2.41. The van der Waals surface area contributed by atoms with Crippen LogP contribution in [0.15, 0.2) is 60.3 Å². The molecule has 2 aromatic carbocycles. The first kappa shape index (κ1) is 16.6. The quantitative estimate of drug-likeness (QED) is 0.846. The van der Waals surface area contributed by atoms with Gasteiger partial charge in [0, 0.05) is 16.8 Å². The molecule has 4 rings (SSSR count). The molecule has 2 heterocycles. The first-order chi connectivity index (χ1) is 12.5. The minimum atomic E-state index is -0.475. The van der Waals surface area contributed by atoms with Gasteiger partial charge in [-0.2, -0.15) is 0 Å². The number of allylic oxidation sites excluding steroid dienone is 1. The van der Waals surface area contributed by atoms with E-state index in [0.29, 0.717) is 12.1 Å². The zero-order chi connectivity index (χ0) is 18.4. The number of carbonyl (C=O) groups is 2. The number of hydrogen-bond donors (Lipinski definition) is 0. The maximum Gasteiger partial charge on any atom is 0.259 e. The topological polar surface area (TPSA) is 40.6 Å². The number of fused-ring (bicyclic) bond motifs is 3. The maximum atomic E-state index is 13.3. The minimum absolute atomic E-state index is 0.00809. The SMILES string of the molecule is CC1=C2c3ccccc3C(=O)N2C(C(C)C)C(=O)N1Cc1ccccc1. The number of rotatable bonds is 3. The Hall–Kier alpha value is -2.88. The zero-order valence-corrected chi connectivity index (χ0v) is 15.3. The molecule has 2 aliphatic heterocycles. The van der Waals surface area contributed by atoms with Crippen molar-refractivity contribution < 1.29 is 9.59 Å². The second kappa shape index (κ2) is 6.13. The van der Waals surface area contributed by atoms with E-state index in [1.54, 1.807) is 4.90 Å². The summed E-state index contributed by atoms with van der Waals surface area (Å²) in [5.41, 5.74) is 4.40. The summed E-state index contributed by atoms with van der Waals surface area (Å²) in [4.78, 5) is 29.9. The monoisotopic (exact) mass is 346 g/mol. The van der Waals surface area contributed by atoms with E-state index in [1.807, 2.05) is 80.3 Å². The van der Waals surface area contributed by atoms with Crippen LogP contribution in [0.25, 0.3) is 5.70 Å². The predicted octanol–water partition coefficient (Wildman–Crippen LogP) is 3.90. The van der Waals surface area contributed by atoms with Crippen molar-refractivity contribution in [1.29, 1.82) is 0 Å². The van der Waals surface area contributed by atoms with Gasteiger partial charge in [0.05, 0.1) is 12.2 Å². The molecule has 4 heteroatoms. The highest BCUT2D eigenvalue weighted by atomic mass is 16.2. The normalized spacial score (nSPS) is 19.3. The number of carbonyl (C=O) groups excluding carboxylic acids is 2. The highest BCUT2D eigenvalue weighted by molar-refractivity contribution is 6.13. The first-order valence-electron chi connectivity index (χ1n) is 9.00. The van der Waals surface area contributed by atoms with Gasteiger partial charge in [-0.1, -0.05) is 62.4 Å². The van der Waals surface area contributed by atoms with Crippen LogP contribution in [-0.4, -0.2) is 27.7 Å². The van der Waals surface area contributed by atoms with Crippen LogP contribution in [0.3, 0.4) is 0 Å². The molecule has 2 aliphatic rings. The molecular weight excluding hydrogens is 324 g/mol. The molecule has 0 saturated heterocycles. The standard InChI is InChI=1S/C22H22N2O2/c1-14(2)19-22(26)23(13-16-9-5-4-6-10-16)15(3)20-17-11-7-8-12-18(17)21(25)24(19)20/h4-12,14,19H,13H2,1-3H3. The number of hydrogen-bond acceptors (Lipinski definition) is 2. The van der Waals surface area contributed by atoms with E-state index in [4.69, 9.17) is 0 Å². The summed E-state index contributed by atoms with van der Waals surface area (Å²) in [6, 6.07) is 17.1. The van der Waals surface area contributed by atoms with Crippen molar-refractivity contribution in [3.05, 3.63) is 77.0 Å². The van der Waals surface area contributed by atoms with Gasteiger partial charge in [-0.3, -0.25) is 14.5 Å². The minimum Gasteiger partial charge on any atom is -0.308 e. The molecule has 0 spiro atoms. The Morgan fingerprint density at radius 3 is 2.19 bits per heavy atom. The van der Waals surface area contributed by atoms with Crippen molar-refractivity contribution in [2.24, 2.45) is 5.92 Å². The third kappa shape index (κ3) is 2.37. The lowest BCUT2D eigenvalue weighted by atomic mass is 9.96. The molecule has 0 fully saturated rings. The Labute approximate surface area is 153 Å². The summed E-state index contributed by atoms with van der Waals surface area (Å²) >= 11 is 0. The van der Waals surface area contributed by atoms with E-state index in [-0.39, 0.29) is 17.7 Å². The van der Waals surface area contributed by atoms with Gasteiger partial charge in [-0.25, -0.2) is 0 Å². The van der Waals surface area contributed by atoms with Crippen molar-refractivity contribution >= 4 is 17.5 Å². The fourth-order valence-electron chi connectivity index (χ4n) is 3.98. The highest BCUT2D eigenvalue weighted by Gasteiger charge is 2.47. The largest absolute Gasteiger partial charge is 0.308 e. The number of benzene rings is 2. The van der Waals surface area contributed by atoms with Gasteiger partial charge >= 0.3 is 0 Å². The smallest absolute Gasteiger partial charge is 0.259 e. The maximum absolute atomic E-state index is 13.3. The van der Waals surface area contributed by atoms with E-state index in [2.05, 4.69) is 0 Å². The molecule has 0 aromatic heterocycles. The van der Waals surface area contributed by atoms with Gasteiger partial charge in [-0.15, -0.1) is 0 Å². The van der Waals surface area contributed by atoms with E-state index < -0.39 is 6.04 Å². The predicted molar refractivity (Wildman–Crippen MR) is 101 cm³/mol. The summed E-state index contributed by atoms with van der Waals surface area (Å²) in [6.07, 6.45) is 0. The molecule has 2 amide bonds. The van der Waals surface area contributed by atoms with Crippen LogP contribution in [-0.2, 0) is 11.3 Å². The molecule has 132 valence electrons. The Morgan fingerprint density at radius 1 is 0.923 bits per heavy atom. The lowest BCUT2D eigenvalue weighted by Crippen LogP contribution is -2.54. The Bertz CT molecular complexity index is 915. The molecule has 0 aliphatic carbocycles. The Balaban J connectivity index is 1.87. The van der Waals surface area contributed by atoms with Crippen molar-refractivity contribution in [3.8, 4) is 0 Å². The molecule has 0 radical (unpaired) electrons. The van der Waals surface area contributed by atoms with Gasteiger partial charge in [0.15, 0.2) is 0 Å². The third-order valence-electron chi connectivity index (χ3n) is 5.23. The highest BCUT2D eigenvalue weighted by Crippen LogP contribution is 2.42. The summed E-state index contributed by atoms with van der Waals surface area (Å²) in [5.74, 6) is -0.0465. The summed E-state index contributed by atoms with van der Waals surface area (Å²) in [7, 11) is 0. The van der Waals surface area contributed by atoms with Crippen molar-refractivity contribution in [2.45, 2.75) is 33.4 Å². The van der Waals surface area contributed by atoms with Gasteiger partial charge in [0.25, 0.3) is 11.8 Å².